The standard InChI is InChI=1S/C16H19N7O7S/c24-8-9(6-13(26)27)18-14(28)10-2-1-4-22-12(25)3-5-21(16(30)23(10)22)19-15(29)11-7-17-20-31-11/h7-10H,1-6H2,(H,18,28)(H,19,29)(H,26,27)/t9-,10-/m0/s1. The molecule has 2 fully saturated rings. The number of hydrogen-bond acceptors (Lipinski definition) is 9. The first-order valence-corrected chi connectivity index (χ1v) is 10.1. The summed E-state index contributed by atoms with van der Waals surface area (Å²) in [4.78, 5) is 72.9. The Morgan fingerprint density at radius 3 is 2.74 bits per heavy atom. The van der Waals surface area contributed by atoms with Crippen LogP contribution in [-0.4, -0.2) is 90.9 Å². The third kappa shape index (κ3) is 4.93. The van der Waals surface area contributed by atoms with Crippen molar-refractivity contribution in [1.82, 2.24) is 35.4 Å². The van der Waals surface area contributed by atoms with Gasteiger partial charge in [0.15, 0.2) is 0 Å². The van der Waals surface area contributed by atoms with Crippen LogP contribution in [0.1, 0.15) is 35.4 Å². The van der Waals surface area contributed by atoms with Gasteiger partial charge in [-0.1, -0.05) is 4.49 Å². The second-order valence-corrected chi connectivity index (χ2v) is 7.56. The van der Waals surface area contributed by atoms with Crippen molar-refractivity contribution in [2.24, 2.45) is 0 Å². The second-order valence-electron chi connectivity index (χ2n) is 6.78. The Balaban J connectivity index is 1.80. The number of urea groups is 1. The van der Waals surface area contributed by atoms with Crippen LogP contribution in [0.4, 0.5) is 4.79 Å². The van der Waals surface area contributed by atoms with Crippen LogP contribution in [0.5, 0.6) is 0 Å². The number of aldehydes is 1. The van der Waals surface area contributed by atoms with Crippen LogP contribution in [-0.2, 0) is 19.2 Å². The van der Waals surface area contributed by atoms with Crippen molar-refractivity contribution < 1.29 is 33.9 Å². The first-order chi connectivity index (χ1) is 14.8. The maximum Gasteiger partial charge on any atom is 0.358 e. The number of amides is 5. The number of carboxylic acids is 1. The van der Waals surface area contributed by atoms with Gasteiger partial charge in [0, 0.05) is 13.0 Å². The number of nitrogens with one attached hydrogen (secondary N) is 2. The molecule has 2 saturated heterocycles. The predicted octanol–water partition coefficient (Wildman–Crippen LogP) is -1.62. The molecule has 166 valence electrons. The highest BCUT2D eigenvalue weighted by Crippen LogP contribution is 2.24. The fraction of sp³-hybridized carbons (Fsp3) is 0.500. The Morgan fingerprint density at radius 1 is 1.32 bits per heavy atom. The third-order valence-electron chi connectivity index (χ3n) is 4.68. The lowest BCUT2D eigenvalue weighted by Crippen LogP contribution is -2.64. The molecular weight excluding hydrogens is 434 g/mol. The van der Waals surface area contributed by atoms with Crippen LogP contribution < -0.4 is 10.7 Å². The van der Waals surface area contributed by atoms with Crippen molar-refractivity contribution in [2.75, 3.05) is 13.1 Å². The molecule has 31 heavy (non-hydrogen) atoms. The first kappa shape index (κ1) is 22.1. The number of hydrogen-bond donors (Lipinski definition) is 3. The van der Waals surface area contributed by atoms with Crippen LogP contribution in [0.15, 0.2) is 6.20 Å². The van der Waals surface area contributed by atoms with Gasteiger partial charge in [-0.05, 0) is 24.4 Å². The highest BCUT2D eigenvalue weighted by atomic mass is 32.1. The normalized spacial score (nSPS) is 19.9. The van der Waals surface area contributed by atoms with E-state index in [-0.39, 0.29) is 37.1 Å². The van der Waals surface area contributed by atoms with Crippen molar-refractivity contribution in [3.63, 3.8) is 0 Å². The van der Waals surface area contributed by atoms with E-state index in [0.717, 1.165) is 26.6 Å². The molecule has 2 aliphatic heterocycles. The van der Waals surface area contributed by atoms with Crippen molar-refractivity contribution in [3.05, 3.63) is 11.1 Å². The number of nitrogens with zero attached hydrogens (tertiary/aromatic N) is 5. The van der Waals surface area contributed by atoms with Gasteiger partial charge in [0.2, 0.25) is 11.8 Å². The smallest absolute Gasteiger partial charge is 0.358 e. The van der Waals surface area contributed by atoms with Gasteiger partial charge in [-0.25, -0.2) is 19.8 Å². The van der Waals surface area contributed by atoms with Gasteiger partial charge in [-0.15, -0.1) is 5.10 Å². The third-order valence-corrected chi connectivity index (χ3v) is 5.34. The lowest BCUT2D eigenvalue weighted by molar-refractivity contribution is -0.155. The van der Waals surface area contributed by atoms with Crippen LogP contribution >= 0.6 is 11.5 Å². The Bertz CT molecular complexity index is 893. The van der Waals surface area contributed by atoms with E-state index in [4.69, 9.17) is 5.11 Å². The summed E-state index contributed by atoms with van der Waals surface area (Å²) < 4.78 is 3.57. The monoisotopic (exact) mass is 453 g/mol. The molecule has 0 unspecified atom stereocenters. The molecular formula is C16H19N7O7S. The van der Waals surface area contributed by atoms with Crippen molar-refractivity contribution >= 4 is 47.5 Å². The van der Waals surface area contributed by atoms with Crippen molar-refractivity contribution in [1.29, 1.82) is 0 Å². The molecule has 0 aromatic carbocycles. The number of aromatic nitrogens is 2. The number of aliphatic carboxylic acids is 1. The lowest BCUT2D eigenvalue weighted by Gasteiger charge is -2.42. The fourth-order valence-electron chi connectivity index (χ4n) is 3.26. The predicted molar refractivity (Wildman–Crippen MR) is 101 cm³/mol. The van der Waals surface area contributed by atoms with E-state index in [1.54, 1.807) is 0 Å². The van der Waals surface area contributed by atoms with Crippen LogP contribution in [0.25, 0.3) is 0 Å². The van der Waals surface area contributed by atoms with E-state index in [2.05, 4.69) is 20.3 Å². The van der Waals surface area contributed by atoms with E-state index >= 15 is 0 Å². The van der Waals surface area contributed by atoms with Gasteiger partial charge in [-0.3, -0.25) is 24.6 Å². The minimum atomic E-state index is -1.28. The number of carbonyl (C=O) groups is 6. The summed E-state index contributed by atoms with van der Waals surface area (Å²) in [6.45, 7) is 0.0775. The largest absolute Gasteiger partial charge is 0.481 e. The molecule has 0 spiro atoms. The molecule has 2 aliphatic rings. The SMILES string of the molecule is O=C[C@H](CC(=O)O)NC(=O)[C@@H]1CCCN2C(=O)CCN(NC(=O)c3cnns3)C(=O)N12. The maximum absolute atomic E-state index is 13.2. The molecule has 3 rings (SSSR count). The van der Waals surface area contributed by atoms with Gasteiger partial charge in [0.25, 0.3) is 5.91 Å². The molecule has 14 nitrogen and oxygen atoms in total. The number of fused-ring (bicyclic) bond motifs is 1. The second kappa shape index (κ2) is 9.46. The van der Waals surface area contributed by atoms with E-state index in [1.165, 1.54) is 6.20 Å². The average Bonchev–Trinajstić information content (AvgIpc) is 3.25. The Kier molecular flexibility index (Phi) is 6.74. The van der Waals surface area contributed by atoms with Crippen LogP contribution in [0.3, 0.4) is 0 Å². The molecule has 0 radical (unpaired) electrons. The summed E-state index contributed by atoms with van der Waals surface area (Å²) in [5.41, 5.74) is 2.39. The van der Waals surface area contributed by atoms with Gasteiger partial charge in [-0.2, -0.15) is 0 Å². The van der Waals surface area contributed by atoms with Gasteiger partial charge in [0.1, 0.15) is 17.2 Å². The van der Waals surface area contributed by atoms with Crippen LogP contribution in [0, 0.1) is 0 Å². The van der Waals surface area contributed by atoms with Gasteiger partial charge in [0.05, 0.1) is 25.2 Å². The number of carbonyl (C=O) groups excluding carboxylic acids is 5. The molecule has 2 atom stereocenters. The Morgan fingerprint density at radius 2 is 2.10 bits per heavy atom. The summed E-state index contributed by atoms with van der Waals surface area (Å²) in [5, 5.41) is 17.7. The highest BCUT2D eigenvalue weighted by Gasteiger charge is 2.44. The molecule has 15 heteroatoms. The van der Waals surface area contributed by atoms with Crippen molar-refractivity contribution in [2.45, 2.75) is 37.8 Å². The summed E-state index contributed by atoms with van der Waals surface area (Å²) in [6.07, 6.45) is 1.39. The topological polar surface area (TPSA) is 182 Å². The molecule has 0 saturated carbocycles. The average molecular weight is 453 g/mol. The molecule has 1 aromatic heterocycles. The zero-order valence-corrected chi connectivity index (χ0v) is 16.9. The Labute approximate surface area is 179 Å². The zero-order valence-electron chi connectivity index (χ0n) is 16.1. The Hall–Kier alpha value is -3.62. The summed E-state index contributed by atoms with van der Waals surface area (Å²) >= 11 is 0.822. The zero-order chi connectivity index (χ0) is 22.5. The lowest BCUT2D eigenvalue weighted by atomic mass is 10.1. The highest BCUT2D eigenvalue weighted by molar-refractivity contribution is 7.07. The molecule has 3 N–H and O–H groups in total. The minimum absolute atomic E-state index is 0.0895. The molecule has 0 bridgehead atoms. The number of carboxylic acid groups (broad SMARTS) is 1. The summed E-state index contributed by atoms with van der Waals surface area (Å²) in [7, 11) is 0. The van der Waals surface area contributed by atoms with E-state index in [1.807, 2.05) is 0 Å². The van der Waals surface area contributed by atoms with Gasteiger partial charge < -0.3 is 15.2 Å². The fourth-order valence-corrected chi connectivity index (χ4v) is 3.67. The van der Waals surface area contributed by atoms with E-state index in [0.29, 0.717) is 6.42 Å². The van der Waals surface area contributed by atoms with E-state index in [9.17, 15) is 28.8 Å². The molecule has 3 heterocycles. The number of hydrazine groups is 2. The summed E-state index contributed by atoms with van der Waals surface area (Å²) in [6, 6.07) is -3.26. The molecule has 0 aliphatic carbocycles. The molecule has 5 amide bonds. The maximum atomic E-state index is 13.2. The quantitative estimate of drug-likeness (QED) is 0.408. The van der Waals surface area contributed by atoms with Gasteiger partial charge >= 0.3 is 12.0 Å². The first-order valence-electron chi connectivity index (χ1n) is 9.28. The molecule has 1 aromatic rings. The summed E-state index contributed by atoms with van der Waals surface area (Å²) in [5.74, 6) is -3.12. The van der Waals surface area contributed by atoms with Crippen molar-refractivity contribution in [3.8, 4) is 0 Å². The van der Waals surface area contributed by atoms with Crippen LogP contribution in [0.2, 0.25) is 0 Å². The minimum Gasteiger partial charge on any atom is -0.481 e. The number of rotatable bonds is 7. The van der Waals surface area contributed by atoms with E-state index < -0.39 is 48.2 Å².